The molecule has 0 bridgehead atoms. The Balaban J connectivity index is 2.14. The Bertz CT molecular complexity index is 790. The minimum atomic E-state index is -0.936. The summed E-state index contributed by atoms with van der Waals surface area (Å²) in [5.41, 5.74) is 4.14. The minimum absolute atomic E-state index is 0.255. The molecule has 0 aliphatic heterocycles. The smallest absolute Gasteiger partial charge is 0.335 e. The highest BCUT2D eigenvalue weighted by Crippen LogP contribution is 2.20. The highest BCUT2D eigenvalue weighted by Gasteiger charge is 2.09. The van der Waals surface area contributed by atoms with E-state index in [0.717, 1.165) is 17.6 Å². The number of carboxylic acid groups (broad SMARTS) is 1. The van der Waals surface area contributed by atoms with Gasteiger partial charge in [-0.05, 0) is 42.3 Å². The lowest BCUT2D eigenvalue weighted by atomic mass is 10.1. The molecule has 4 nitrogen and oxygen atoms in total. The van der Waals surface area contributed by atoms with Gasteiger partial charge in [-0.1, -0.05) is 19.1 Å². The molecular formula is C16H14N2O2. The number of fused-ring (bicyclic) bond motifs is 1. The number of carbonyl (C=O) groups is 1. The fourth-order valence-corrected chi connectivity index (χ4v) is 2.28. The van der Waals surface area contributed by atoms with Gasteiger partial charge in [0.1, 0.15) is 6.33 Å². The molecule has 0 atom stereocenters. The number of carboxylic acids is 1. The molecule has 0 fully saturated rings. The minimum Gasteiger partial charge on any atom is -0.478 e. The van der Waals surface area contributed by atoms with Crippen LogP contribution in [0.2, 0.25) is 0 Å². The van der Waals surface area contributed by atoms with Crippen molar-refractivity contribution in [3.8, 4) is 5.69 Å². The van der Waals surface area contributed by atoms with Crippen molar-refractivity contribution in [1.29, 1.82) is 0 Å². The molecule has 0 saturated heterocycles. The molecular weight excluding hydrogens is 252 g/mol. The first-order valence-corrected chi connectivity index (χ1v) is 6.49. The second kappa shape index (κ2) is 4.81. The first kappa shape index (κ1) is 12.4. The number of rotatable bonds is 3. The summed E-state index contributed by atoms with van der Waals surface area (Å²) in [5.74, 6) is -0.936. The zero-order valence-electron chi connectivity index (χ0n) is 11.1. The monoisotopic (exact) mass is 266 g/mol. The first-order chi connectivity index (χ1) is 9.69. The lowest BCUT2D eigenvalue weighted by Gasteiger charge is -2.06. The Morgan fingerprint density at radius 2 is 2.10 bits per heavy atom. The predicted molar refractivity (Wildman–Crippen MR) is 77.4 cm³/mol. The summed E-state index contributed by atoms with van der Waals surface area (Å²) in [5, 5.41) is 9.00. The van der Waals surface area contributed by atoms with Crippen LogP contribution >= 0.6 is 0 Å². The van der Waals surface area contributed by atoms with Crippen LogP contribution in [0.5, 0.6) is 0 Å². The van der Waals surface area contributed by atoms with Crippen LogP contribution in [0.3, 0.4) is 0 Å². The van der Waals surface area contributed by atoms with E-state index >= 15 is 0 Å². The summed E-state index contributed by atoms with van der Waals surface area (Å²) in [6, 6.07) is 13.2. The Kier molecular flexibility index (Phi) is 2.99. The number of hydrogen-bond donors (Lipinski definition) is 1. The third kappa shape index (κ3) is 2.05. The summed E-state index contributed by atoms with van der Waals surface area (Å²) in [7, 11) is 0. The number of nitrogens with zero attached hydrogens (tertiary/aromatic N) is 2. The average molecular weight is 266 g/mol. The number of benzene rings is 2. The molecule has 0 amide bonds. The SMILES string of the molecule is CCc1cccc(-n2cnc3cc(C(=O)O)ccc32)c1. The van der Waals surface area contributed by atoms with Crippen LogP contribution in [-0.2, 0) is 6.42 Å². The van der Waals surface area contributed by atoms with E-state index in [1.54, 1.807) is 24.5 Å². The zero-order valence-corrected chi connectivity index (χ0v) is 11.1. The maximum Gasteiger partial charge on any atom is 0.335 e. The molecule has 0 aliphatic rings. The zero-order chi connectivity index (χ0) is 14.1. The van der Waals surface area contributed by atoms with Crippen LogP contribution in [0.4, 0.5) is 0 Å². The van der Waals surface area contributed by atoms with E-state index in [1.165, 1.54) is 5.56 Å². The molecule has 1 aromatic heterocycles. The van der Waals surface area contributed by atoms with Gasteiger partial charge in [-0.25, -0.2) is 9.78 Å². The Hall–Kier alpha value is -2.62. The van der Waals surface area contributed by atoms with E-state index in [0.29, 0.717) is 5.52 Å². The van der Waals surface area contributed by atoms with Gasteiger partial charge < -0.3 is 5.11 Å². The van der Waals surface area contributed by atoms with Crippen molar-refractivity contribution in [2.45, 2.75) is 13.3 Å². The van der Waals surface area contributed by atoms with Gasteiger partial charge in [0.25, 0.3) is 0 Å². The second-order valence-corrected chi connectivity index (χ2v) is 4.65. The number of imidazole rings is 1. The molecule has 0 aliphatic carbocycles. The van der Waals surface area contributed by atoms with Gasteiger partial charge in [0, 0.05) is 5.69 Å². The molecule has 0 spiro atoms. The maximum absolute atomic E-state index is 11.0. The number of aryl methyl sites for hydroxylation is 1. The molecule has 3 aromatic rings. The Labute approximate surface area is 116 Å². The first-order valence-electron chi connectivity index (χ1n) is 6.49. The van der Waals surface area contributed by atoms with Gasteiger partial charge in [0.2, 0.25) is 0 Å². The van der Waals surface area contributed by atoms with Gasteiger partial charge in [0.15, 0.2) is 0 Å². The molecule has 1 N–H and O–H groups in total. The second-order valence-electron chi connectivity index (χ2n) is 4.65. The Morgan fingerprint density at radius 1 is 1.25 bits per heavy atom. The van der Waals surface area contributed by atoms with Crippen molar-refractivity contribution in [2.24, 2.45) is 0 Å². The van der Waals surface area contributed by atoms with Crippen molar-refractivity contribution in [2.75, 3.05) is 0 Å². The summed E-state index contributed by atoms with van der Waals surface area (Å²) in [4.78, 5) is 15.3. The molecule has 20 heavy (non-hydrogen) atoms. The van der Waals surface area contributed by atoms with Gasteiger partial charge >= 0.3 is 5.97 Å². The van der Waals surface area contributed by atoms with Crippen LogP contribution in [0.15, 0.2) is 48.8 Å². The van der Waals surface area contributed by atoms with Crippen LogP contribution in [0, 0.1) is 0 Å². The molecule has 4 heteroatoms. The normalized spacial score (nSPS) is 10.8. The highest BCUT2D eigenvalue weighted by molar-refractivity contribution is 5.92. The van der Waals surface area contributed by atoms with E-state index in [1.807, 2.05) is 16.7 Å². The Morgan fingerprint density at radius 3 is 2.85 bits per heavy atom. The van der Waals surface area contributed by atoms with Crippen molar-refractivity contribution in [3.05, 3.63) is 59.9 Å². The van der Waals surface area contributed by atoms with Crippen molar-refractivity contribution in [1.82, 2.24) is 9.55 Å². The standard InChI is InChI=1S/C16H14N2O2/c1-2-11-4-3-5-13(8-11)18-10-17-14-9-12(16(19)20)6-7-15(14)18/h3-10H,2H2,1H3,(H,19,20). The van der Waals surface area contributed by atoms with Gasteiger partial charge in [-0.3, -0.25) is 4.57 Å². The molecule has 100 valence electrons. The van der Waals surface area contributed by atoms with Gasteiger partial charge in [-0.2, -0.15) is 0 Å². The molecule has 2 aromatic carbocycles. The van der Waals surface area contributed by atoms with Gasteiger partial charge in [-0.15, -0.1) is 0 Å². The van der Waals surface area contributed by atoms with E-state index in [-0.39, 0.29) is 5.56 Å². The lowest BCUT2D eigenvalue weighted by Crippen LogP contribution is -1.96. The van der Waals surface area contributed by atoms with E-state index in [9.17, 15) is 4.79 Å². The lowest BCUT2D eigenvalue weighted by molar-refractivity contribution is 0.0697. The van der Waals surface area contributed by atoms with E-state index < -0.39 is 5.97 Å². The van der Waals surface area contributed by atoms with Crippen LogP contribution in [-0.4, -0.2) is 20.6 Å². The predicted octanol–water partition coefficient (Wildman–Crippen LogP) is 3.29. The number of hydrogen-bond acceptors (Lipinski definition) is 2. The van der Waals surface area contributed by atoms with Crippen LogP contribution in [0.1, 0.15) is 22.8 Å². The van der Waals surface area contributed by atoms with E-state index in [2.05, 4.69) is 24.0 Å². The topological polar surface area (TPSA) is 55.1 Å². The largest absolute Gasteiger partial charge is 0.478 e. The van der Waals surface area contributed by atoms with Gasteiger partial charge in [0.05, 0.1) is 16.6 Å². The summed E-state index contributed by atoms with van der Waals surface area (Å²) >= 11 is 0. The van der Waals surface area contributed by atoms with Crippen LogP contribution in [0.25, 0.3) is 16.7 Å². The number of aromatic nitrogens is 2. The number of aromatic carboxylic acids is 1. The van der Waals surface area contributed by atoms with Crippen molar-refractivity contribution < 1.29 is 9.90 Å². The molecule has 0 unspecified atom stereocenters. The fraction of sp³-hybridized carbons (Fsp3) is 0.125. The maximum atomic E-state index is 11.0. The summed E-state index contributed by atoms with van der Waals surface area (Å²) in [6.45, 7) is 2.12. The quantitative estimate of drug-likeness (QED) is 0.791. The summed E-state index contributed by atoms with van der Waals surface area (Å²) in [6.07, 6.45) is 2.70. The average Bonchev–Trinajstić information content (AvgIpc) is 2.90. The molecule has 3 rings (SSSR count). The third-order valence-electron chi connectivity index (χ3n) is 3.39. The summed E-state index contributed by atoms with van der Waals surface area (Å²) < 4.78 is 1.97. The highest BCUT2D eigenvalue weighted by atomic mass is 16.4. The van der Waals surface area contributed by atoms with Crippen LogP contribution < -0.4 is 0 Å². The van der Waals surface area contributed by atoms with Crippen molar-refractivity contribution >= 4 is 17.0 Å². The molecule has 0 saturated carbocycles. The van der Waals surface area contributed by atoms with Crippen molar-refractivity contribution in [3.63, 3.8) is 0 Å². The third-order valence-corrected chi connectivity index (χ3v) is 3.39. The van der Waals surface area contributed by atoms with E-state index in [4.69, 9.17) is 5.11 Å². The fourth-order valence-electron chi connectivity index (χ4n) is 2.28. The molecule has 1 heterocycles. The molecule has 0 radical (unpaired) electrons.